The molecule has 2 aromatic rings. The predicted octanol–water partition coefficient (Wildman–Crippen LogP) is 1.20. The fraction of sp³-hybridized carbons (Fsp3) is 0.273. The first-order chi connectivity index (χ1) is 9.74. The lowest BCUT2D eigenvalue weighted by molar-refractivity contribution is -0.136. The van der Waals surface area contributed by atoms with Crippen molar-refractivity contribution in [3.8, 4) is 0 Å². The van der Waals surface area contributed by atoms with Gasteiger partial charge >= 0.3 is 6.18 Å². The lowest BCUT2D eigenvalue weighted by Gasteiger charge is -2.07. The number of nitrogens with two attached hydrogens (primary N) is 1. The molecule has 1 aromatic heterocycles. The zero-order chi connectivity index (χ0) is 15.6. The molecule has 0 saturated heterocycles. The quantitative estimate of drug-likeness (QED) is 0.825. The van der Waals surface area contributed by atoms with Gasteiger partial charge in [-0.15, -0.1) is 0 Å². The number of halogens is 3. The molecule has 0 aliphatic heterocycles. The summed E-state index contributed by atoms with van der Waals surface area (Å²) in [4.78, 5) is 15.1. The van der Waals surface area contributed by atoms with Crippen LogP contribution >= 0.6 is 0 Å². The van der Waals surface area contributed by atoms with Crippen molar-refractivity contribution < 1.29 is 26.6 Å². The zero-order valence-corrected chi connectivity index (χ0v) is 11.3. The number of nitrogens with one attached hydrogen (secondary N) is 1. The molecule has 0 radical (unpaired) electrons. The maximum atomic E-state index is 11.9. The van der Waals surface area contributed by atoms with Crippen LogP contribution in [0, 0.1) is 0 Å². The highest BCUT2D eigenvalue weighted by molar-refractivity contribution is 7.85. The average Bonchev–Trinajstić information content (AvgIpc) is 2.78. The highest BCUT2D eigenvalue weighted by atomic mass is 32.2. The number of oxazole rings is 1. The number of aromatic nitrogens is 1. The third kappa shape index (κ3) is 4.18. The molecule has 0 fully saturated rings. The molecule has 1 atom stereocenters. The van der Waals surface area contributed by atoms with Crippen molar-refractivity contribution in [1.82, 2.24) is 10.3 Å². The maximum Gasteiger partial charge on any atom is 0.405 e. The molecule has 0 bridgehead atoms. The van der Waals surface area contributed by atoms with Gasteiger partial charge in [0.05, 0.1) is 0 Å². The van der Waals surface area contributed by atoms with Crippen LogP contribution < -0.4 is 11.1 Å². The number of hydrogen-bond acceptors (Lipinski definition) is 5. The van der Waals surface area contributed by atoms with Crippen LogP contribution in [0.5, 0.6) is 0 Å². The lowest BCUT2D eigenvalue weighted by atomic mass is 10.3. The first-order valence-corrected chi connectivity index (χ1v) is 6.94. The van der Waals surface area contributed by atoms with Gasteiger partial charge in [-0.3, -0.25) is 4.79 Å². The van der Waals surface area contributed by atoms with Crippen molar-refractivity contribution in [1.29, 1.82) is 0 Å². The molecular formula is C11H10F3N3O3S. The molecule has 21 heavy (non-hydrogen) atoms. The topological polar surface area (TPSA) is 98.2 Å². The van der Waals surface area contributed by atoms with Crippen LogP contribution in [0.2, 0.25) is 0 Å². The molecule has 1 unspecified atom stereocenters. The normalized spacial score (nSPS) is 13.3. The summed E-state index contributed by atoms with van der Waals surface area (Å²) in [6.45, 7) is -1.48. The van der Waals surface area contributed by atoms with E-state index in [0.29, 0.717) is 11.2 Å². The van der Waals surface area contributed by atoms with Crippen molar-refractivity contribution >= 4 is 33.5 Å². The second kappa shape index (κ2) is 5.72. The Morgan fingerprint density at radius 1 is 1.43 bits per heavy atom. The van der Waals surface area contributed by atoms with E-state index in [2.05, 4.69) is 4.98 Å². The van der Waals surface area contributed by atoms with Gasteiger partial charge in [-0.05, 0) is 12.1 Å². The van der Waals surface area contributed by atoms with Gasteiger partial charge in [-0.2, -0.15) is 13.2 Å². The van der Waals surface area contributed by atoms with Crippen LogP contribution in [0.15, 0.2) is 27.8 Å². The highest BCUT2D eigenvalue weighted by Gasteiger charge is 2.28. The maximum absolute atomic E-state index is 11.9. The van der Waals surface area contributed by atoms with E-state index in [-0.39, 0.29) is 10.8 Å². The largest absolute Gasteiger partial charge is 0.430 e. The molecule has 1 heterocycles. The molecule has 6 nitrogen and oxygen atoms in total. The minimum absolute atomic E-state index is 0.238. The summed E-state index contributed by atoms with van der Waals surface area (Å²) in [7, 11) is -1.98. The SMILES string of the molecule is Nc1ccc2nc(S(=O)CC(=O)NCC(F)(F)F)oc2c1. The van der Waals surface area contributed by atoms with Gasteiger partial charge in [0.15, 0.2) is 5.58 Å². The monoisotopic (exact) mass is 321 g/mol. The van der Waals surface area contributed by atoms with Gasteiger partial charge in [0.25, 0.3) is 5.22 Å². The van der Waals surface area contributed by atoms with Crippen LogP contribution in [0.1, 0.15) is 0 Å². The van der Waals surface area contributed by atoms with E-state index in [0.717, 1.165) is 0 Å². The minimum Gasteiger partial charge on any atom is -0.430 e. The number of carbonyl (C=O) groups excluding carboxylic acids is 1. The van der Waals surface area contributed by atoms with Crippen LogP contribution in [0.3, 0.4) is 0 Å². The Kier molecular flexibility index (Phi) is 4.16. The molecular weight excluding hydrogens is 311 g/mol. The van der Waals surface area contributed by atoms with Gasteiger partial charge in [-0.25, -0.2) is 9.19 Å². The van der Waals surface area contributed by atoms with E-state index >= 15 is 0 Å². The van der Waals surface area contributed by atoms with Crippen molar-refractivity contribution in [3.63, 3.8) is 0 Å². The molecule has 0 aliphatic rings. The third-order valence-electron chi connectivity index (χ3n) is 2.34. The van der Waals surface area contributed by atoms with E-state index < -0.39 is 35.2 Å². The van der Waals surface area contributed by atoms with E-state index in [9.17, 15) is 22.2 Å². The van der Waals surface area contributed by atoms with E-state index in [1.165, 1.54) is 6.07 Å². The summed E-state index contributed by atoms with van der Waals surface area (Å²) in [5.41, 5.74) is 6.63. The van der Waals surface area contributed by atoms with Crippen molar-refractivity contribution in [2.75, 3.05) is 18.0 Å². The summed E-state index contributed by atoms with van der Waals surface area (Å²) in [5, 5.41) is 1.38. The molecule has 10 heteroatoms. The summed E-state index contributed by atoms with van der Waals surface area (Å²) < 4.78 is 52.7. The molecule has 0 aliphatic carbocycles. The van der Waals surface area contributed by atoms with Crippen molar-refractivity contribution in [3.05, 3.63) is 18.2 Å². The Bertz CT molecular complexity index is 699. The Morgan fingerprint density at radius 3 is 2.81 bits per heavy atom. The Labute approximate surface area is 119 Å². The standard InChI is InChI=1S/C11H10F3N3O3S/c12-11(13,14)5-16-9(18)4-21(19)10-17-7-2-1-6(15)3-8(7)20-10/h1-3H,4-5,15H2,(H,16,18). The second-order valence-corrected chi connectivity index (χ2v) is 5.42. The van der Waals surface area contributed by atoms with Gasteiger partial charge in [0, 0.05) is 11.8 Å². The number of hydrogen-bond donors (Lipinski definition) is 2. The van der Waals surface area contributed by atoms with Crippen LogP contribution in [0.4, 0.5) is 18.9 Å². The van der Waals surface area contributed by atoms with Crippen LogP contribution in [-0.2, 0) is 15.6 Å². The minimum atomic E-state index is -4.52. The van der Waals surface area contributed by atoms with Crippen LogP contribution in [-0.4, -0.2) is 33.6 Å². The van der Waals surface area contributed by atoms with Crippen molar-refractivity contribution in [2.24, 2.45) is 0 Å². The summed E-state index contributed by atoms with van der Waals surface area (Å²) in [6, 6.07) is 4.57. The molecule has 114 valence electrons. The Hall–Kier alpha value is -2.10. The fourth-order valence-corrected chi connectivity index (χ4v) is 2.29. The number of benzene rings is 1. The van der Waals surface area contributed by atoms with Gasteiger partial charge < -0.3 is 15.5 Å². The van der Waals surface area contributed by atoms with Gasteiger partial charge in [-0.1, -0.05) is 0 Å². The number of carbonyl (C=O) groups is 1. The summed E-state index contributed by atoms with van der Waals surface area (Å²) >= 11 is 0. The molecule has 2 rings (SSSR count). The molecule has 1 aromatic carbocycles. The highest BCUT2D eigenvalue weighted by Crippen LogP contribution is 2.20. The number of nitrogen functional groups attached to an aromatic ring is 1. The number of rotatable bonds is 4. The zero-order valence-electron chi connectivity index (χ0n) is 10.4. The fourth-order valence-electron chi connectivity index (χ4n) is 1.45. The third-order valence-corrected chi connectivity index (χ3v) is 3.42. The van der Waals surface area contributed by atoms with E-state index in [1.54, 1.807) is 17.4 Å². The molecule has 0 spiro atoms. The summed E-state index contributed by atoms with van der Waals surface area (Å²) in [6.07, 6.45) is -4.52. The lowest BCUT2D eigenvalue weighted by Crippen LogP contribution is -2.36. The number of nitrogens with zero attached hydrogens (tertiary/aromatic N) is 1. The number of alkyl halides is 3. The Balaban J connectivity index is 2.03. The Morgan fingerprint density at radius 2 is 2.14 bits per heavy atom. The van der Waals surface area contributed by atoms with E-state index in [4.69, 9.17) is 10.2 Å². The second-order valence-electron chi connectivity index (χ2n) is 4.09. The van der Waals surface area contributed by atoms with Gasteiger partial charge in [0.1, 0.15) is 28.6 Å². The molecule has 1 amide bonds. The first kappa shape index (κ1) is 15.3. The summed E-state index contributed by atoms with van der Waals surface area (Å²) in [5.74, 6) is -1.68. The number of anilines is 1. The smallest absolute Gasteiger partial charge is 0.405 e. The molecule has 3 N–H and O–H groups in total. The first-order valence-electron chi connectivity index (χ1n) is 5.62. The molecule has 0 saturated carbocycles. The number of fused-ring (bicyclic) bond motifs is 1. The van der Waals surface area contributed by atoms with Gasteiger partial charge in [0.2, 0.25) is 5.91 Å². The van der Waals surface area contributed by atoms with E-state index in [1.807, 2.05) is 0 Å². The average molecular weight is 321 g/mol. The van der Waals surface area contributed by atoms with Crippen LogP contribution in [0.25, 0.3) is 11.1 Å². The number of amides is 1. The van der Waals surface area contributed by atoms with Crippen molar-refractivity contribution in [2.45, 2.75) is 11.4 Å². The predicted molar refractivity (Wildman–Crippen MR) is 68.8 cm³/mol.